The Bertz CT molecular complexity index is 1450. The lowest BCUT2D eigenvalue weighted by Crippen LogP contribution is -2.13. The number of nitrogens with one attached hydrogen (secondary N) is 1. The minimum atomic E-state index is -0.785. The van der Waals surface area contributed by atoms with Crippen molar-refractivity contribution >= 4 is 51.6 Å². The lowest BCUT2D eigenvalue weighted by atomic mass is 10.1. The topological polar surface area (TPSA) is 158 Å². The monoisotopic (exact) mass is 614 g/mol. The average molecular weight is 614 g/mol. The van der Waals surface area contributed by atoms with Crippen LogP contribution in [0.1, 0.15) is 18.1 Å². The molecule has 3 aromatic rings. The maximum Gasteiger partial charge on any atom is 0.318 e. The van der Waals surface area contributed by atoms with E-state index >= 15 is 0 Å². The van der Waals surface area contributed by atoms with Crippen LogP contribution in [0, 0.1) is 35.1 Å². The Morgan fingerprint density at radius 1 is 1.08 bits per heavy atom. The summed E-state index contributed by atoms with van der Waals surface area (Å²) >= 11 is 1.91. The molecule has 37 heavy (non-hydrogen) atoms. The summed E-state index contributed by atoms with van der Waals surface area (Å²) in [6.07, 6.45) is 2.23. The van der Waals surface area contributed by atoms with E-state index in [1.165, 1.54) is 19.3 Å². The van der Waals surface area contributed by atoms with Gasteiger partial charge in [-0.2, -0.15) is 5.26 Å². The third-order valence-electron chi connectivity index (χ3n) is 5.11. The number of methoxy groups -OCH3 is 1. The summed E-state index contributed by atoms with van der Waals surface area (Å²) in [5, 5.41) is 34.7. The minimum absolute atomic E-state index is 0.121. The van der Waals surface area contributed by atoms with Gasteiger partial charge in [0.15, 0.2) is 11.5 Å². The highest BCUT2D eigenvalue weighted by molar-refractivity contribution is 14.1. The molecule has 0 radical (unpaired) electrons. The molecule has 11 nitrogen and oxygen atoms in total. The van der Waals surface area contributed by atoms with E-state index < -0.39 is 27.1 Å². The van der Waals surface area contributed by atoms with Crippen molar-refractivity contribution in [3.05, 3.63) is 95.1 Å². The number of aryl methyl sites for hydroxylation is 1. The molecule has 0 aliphatic rings. The van der Waals surface area contributed by atoms with Gasteiger partial charge in [-0.1, -0.05) is 19.1 Å². The molecule has 1 amide bonds. The minimum Gasteiger partial charge on any atom is -0.493 e. The van der Waals surface area contributed by atoms with Gasteiger partial charge in [-0.25, -0.2) is 0 Å². The number of carbonyl (C=O) groups is 1. The molecule has 3 aromatic carbocycles. The number of hydrogen-bond donors (Lipinski definition) is 1. The fourth-order valence-electron chi connectivity index (χ4n) is 3.22. The van der Waals surface area contributed by atoms with Crippen LogP contribution in [-0.2, 0) is 11.2 Å². The van der Waals surface area contributed by atoms with Crippen molar-refractivity contribution in [2.75, 3.05) is 12.4 Å². The molecule has 0 atom stereocenters. The van der Waals surface area contributed by atoms with Crippen LogP contribution in [0.3, 0.4) is 0 Å². The molecule has 3 rings (SSSR count). The highest BCUT2D eigenvalue weighted by atomic mass is 127. The van der Waals surface area contributed by atoms with E-state index in [4.69, 9.17) is 9.47 Å². The molecular weight excluding hydrogens is 595 g/mol. The lowest BCUT2D eigenvalue weighted by Gasteiger charge is -2.13. The summed E-state index contributed by atoms with van der Waals surface area (Å²) in [5.74, 6) is -0.529. The first-order valence-corrected chi connectivity index (χ1v) is 11.7. The fourth-order valence-corrected chi connectivity index (χ4v) is 3.95. The molecule has 12 heteroatoms. The summed E-state index contributed by atoms with van der Waals surface area (Å²) in [6.45, 7) is 2.02. The number of anilines is 1. The molecule has 0 aromatic heterocycles. The zero-order valence-corrected chi connectivity index (χ0v) is 21.7. The summed E-state index contributed by atoms with van der Waals surface area (Å²) in [4.78, 5) is 33.6. The zero-order valence-electron chi connectivity index (χ0n) is 19.6. The number of nitro benzene ring substituents is 2. The standard InChI is InChI=1S/C25H19IN4O7/c1-3-15-4-6-18(7-5-15)28-25(31)17(14-27)10-16-11-20(26)24(23(12-16)36-2)37-22-9-8-19(29(32)33)13-21(22)30(34)35/h4-13H,3H2,1-2H3,(H,28,31). The summed E-state index contributed by atoms with van der Waals surface area (Å²) in [5.41, 5.74) is 0.897. The van der Waals surface area contributed by atoms with E-state index in [1.807, 2.05) is 47.7 Å². The number of nitrogens with zero attached hydrogens (tertiary/aromatic N) is 3. The highest BCUT2D eigenvalue weighted by Crippen LogP contribution is 2.41. The van der Waals surface area contributed by atoms with Gasteiger partial charge in [-0.05, 0) is 76.5 Å². The second kappa shape index (κ2) is 12.0. The molecule has 188 valence electrons. The van der Waals surface area contributed by atoms with Crippen molar-refractivity contribution < 1.29 is 24.1 Å². The Labute approximate surface area is 224 Å². The number of halogens is 1. The third-order valence-corrected chi connectivity index (χ3v) is 5.91. The Balaban J connectivity index is 1.92. The number of nitriles is 1. The van der Waals surface area contributed by atoms with Crippen LogP contribution >= 0.6 is 22.6 Å². The van der Waals surface area contributed by atoms with E-state index in [9.17, 15) is 30.3 Å². The molecule has 0 unspecified atom stereocenters. The number of ether oxygens (including phenoxy) is 2. The van der Waals surface area contributed by atoms with Gasteiger partial charge in [0.2, 0.25) is 5.75 Å². The smallest absolute Gasteiger partial charge is 0.318 e. The molecule has 0 aliphatic heterocycles. The number of nitro groups is 2. The fraction of sp³-hybridized carbons (Fsp3) is 0.120. The van der Waals surface area contributed by atoms with Gasteiger partial charge in [0.1, 0.15) is 11.6 Å². The molecule has 0 aliphatic carbocycles. The maximum atomic E-state index is 12.7. The number of amides is 1. The Kier molecular flexibility index (Phi) is 8.75. The quantitative estimate of drug-likeness (QED) is 0.101. The van der Waals surface area contributed by atoms with Crippen molar-refractivity contribution in [2.45, 2.75) is 13.3 Å². The van der Waals surface area contributed by atoms with Crippen LogP contribution in [0.4, 0.5) is 17.1 Å². The van der Waals surface area contributed by atoms with Gasteiger partial charge in [0, 0.05) is 11.8 Å². The van der Waals surface area contributed by atoms with Crippen molar-refractivity contribution in [1.82, 2.24) is 0 Å². The van der Waals surface area contributed by atoms with Crippen LogP contribution in [0.2, 0.25) is 0 Å². The highest BCUT2D eigenvalue weighted by Gasteiger charge is 2.23. The molecule has 0 fully saturated rings. The molecule has 0 heterocycles. The first kappa shape index (κ1) is 27.1. The predicted molar refractivity (Wildman–Crippen MR) is 144 cm³/mol. The van der Waals surface area contributed by atoms with E-state index in [2.05, 4.69) is 5.32 Å². The Morgan fingerprint density at radius 3 is 2.35 bits per heavy atom. The molecule has 1 N–H and O–H groups in total. The van der Waals surface area contributed by atoms with Gasteiger partial charge in [0.05, 0.1) is 26.6 Å². The average Bonchev–Trinajstić information content (AvgIpc) is 2.88. The Hall–Kier alpha value is -4.51. The second-order valence-electron chi connectivity index (χ2n) is 7.48. The predicted octanol–water partition coefficient (Wildman–Crippen LogP) is 6.02. The van der Waals surface area contributed by atoms with Crippen molar-refractivity contribution in [2.24, 2.45) is 0 Å². The van der Waals surface area contributed by atoms with E-state index in [0.29, 0.717) is 14.8 Å². The SMILES string of the molecule is CCc1ccc(NC(=O)C(C#N)=Cc2cc(I)c(Oc3ccc([N+](=O)[O-])cc3[N+](=O)[O-])c(OC)c2)cc1. The first-order valence-electron chi connectivity index (χ1n) is 10.7. The maximum absolute atomic E-state index is 12.7. The van der Waals surface area contributed by atoms with Crippen molar-refractivity contribution in [3.8, 4) is 23.3 Å². The van der Waals surface area contributed by atoms with E-state index in [-0.39, 0.29) is 22.8 Å². The van der Waals surface area contributed by atoms with Crippen LogP contribution in [0.25, 0.3) is 6.08 Å². The van der Waals surface area contributed by atoms with E-state index in [1.54, 1.807) is 18.2 Å². The van der Waals surface area contributed by atoms with Crippen LogP contribution < -0.4 is 14.8 Å². The number of hydrogen-bond acceptors (Lipinski definition) is 8. The summed E-state index contributed by atoms with van der Waals surface area (Å²) in [7, 11) is 1.36. The number of carbonyl (C=O) groups excluding carboxylic acids is 1. The van der Waals surface area contributed by atoms with Gasteiger partial charge >= 0.3 is 5.69 Å². The van der Waals surface area contributed by atoms with Crippen molar-refractivity contribution in [1.29, 1.82) is 5.26 Å². The van der Waals surface area contributed by atoms with Crippen LogP contribution in [0.5, 0.6) is 17.2 Å². The second-order valence-corrected chi connectivity index (χ2v) is 8.64. The number of rotatable bonds is 9. The molecule has 0 bridgehead atoms. The first-order chi connectivity index (χ1) is 17.7. The van der Waals surface area contributed by atoms with Crippen LogP contribution in [-0.4, -0.2) is 22.9 Å². The number of non-ortho nitro benzene ring substituents is 1. The third kappa shape index (κ3) is 6.58. The molecule has 0 saturated carbocycles. The van der Waals surface area contributed by atoms with Gasteiger partial charge < -0.3 is 14.8 Å². The largest absolute Gasteiger partial charge is 0.493 e. The normalized spacial score (nSPS) is 10.8. The zero-order chi connectivity index (χ0) is 27.1. The van der Waals surface area contributed by atoms with Gasteiger partial charge in [0.25, 0.3) is 11.6 Å². The molecule has 0 saturated heterocycles. The summed E-state index contributed by atoms with van der Waals surface area (Å²) in [6, 6.07) is 15.3. The number of benzene rings is 3. The van der Waals surface area contributed by atoms with Crippen molar-refractivity contribution in [3.63, 3.8) is 0 Å². The van der Waals surface area contributed by atoms with E-state index in [0.717, 1.165) is 30.2 Å². The van der Waals surface area contributed by atoms with Gasteiger partial charge in [-0.3, -0.25) is 25.0 Å². The molecular formula is C25H19IN4O7. The Morgan fingerprint density at radius 2 is 1.78 bits per heavy atom. The molecule has 0 spiro atoms. The van der Waals surface area contributed by atoms with Crippen LogP contribution in [0.15, 0.2) is 60.2 Å². The lowest BCUT2D eigenvalue weighted by molar-refractivity contribution is -0.394. The van der Waals surface area contributed by atoms with Gasteiger partial charge in [-0.15, -0.1) is 0 Å². The summed E-state index contributed by atoms with van der Waals surface area (Å²) < 4.78 is 11.5.